The van der Waals surface area contributed by atoms with Crippen LogP contribution in [0.1, 0.15) is 22.2 Å². The van der Waals surface area contributed by atoms with Crippen LogP contribution >= 0.6 is 11.3 Å². The van der Waals surface area contributed by atoms with Crippen molar-refractivity contribution in [3.63, 3.8) is 0 Å². The number of thiophene rings is 1. The van der Waals surface area contributed by atoms with Gasteiger partial charge in [0.25, 0.3) is 0 Å². The number of hydrogen-bond acceptors (Lipinski definition) is 3. The van der Waals surface area contributed by atoms with Crippen LogP contribution in [0.3, 0.4) is 0 Å². The van der Waals surface area contributed by atoms with Gasteiger partial charge in [0.2, 0.25) is 0 Å². The average Bonchev–Trinajstić information content (AvgIpc) is 2.53. The SMILES string of the molecule is CNCC#Cc1csc(C(C)=O)c1. The highest BCUT2D eigenvalue weighted by Gasteiger charge is 2.01. The van der Waals surface area contributed by atoms with E-state index in [1.165, 1.54) is 11.3 Å². The Kier molecular flexibility index (Phi) is 3.69. The average molecular weight is 193 g/mol. The Labute approximate surface area is 82.0 Å². The number of Topliss-reactive ketones (excluding diaryl/α,β-unsaturated/α-hetero) is 1. The minimum Gasteiger partial charge on any atom is -0.309 e. The van der Waals surface area contributed by atoms with Gasteiger partial charge in [-0.1, -0.05) is 11.8 Å². The van der Waals surface area contributed by atoms with Gasteiger partial charge in [0.05, 0.1) is 11.4 Å². The molecule has 0 atom stereocenters. The third-order valence-corrected chi connectivity index (χ3v) is 2.48. The van der Waals surface area contributed by atoms with Crippen LogP contribution in [0.15, 0.2) is 11.4 Å². The van der Waals surface area contributed by atoms with Crippen LogP contribution in [-0.4, -0.2) is 19.4 Å². The van der Waals surface area contributed by atoms with Crippen molar-refractivity contribution in [3.8, 4) is 11.8 Å². The second-order valence-electron chi connectivity index (χ2n) is 2.59. The first-order chi connectivity index (χ1) is 6.24. The normalized spacial score (nSPS) is 9.08. The predicted octanol–water partition coefficient (Wildman–Crippen LogP) is 1.52. The van der Waals surface area contributed by atoms with Crippen LogP contribution in [0, 0.1) is 11.8 Å². The fourth-order valence-electron chi connectivity index (χ4n) is 0.821. The van der Waals surface area contributed by atoms with Crippen LogP contribution in [0.5, 0.6) is 0 Å². The number of ketones is 1. The molecule has 1 rings (SSSR count). The highest BCUT2D eigenvalue weighted by Crippen LogP contribution is 2.13. The van der Waals surface area contributed by atoms with Gasteiger partial charge in [-0.25, -0.2) is 0 Å². The molecule has 0 saturated carbocycles. The first kappa shape index (κ1) is 9.97. The molecule has 3 heteroatoms. The van der Waals surface area contributed by atoms with Crippen molar-refractivity contribution >= 4 is 17.1 Å². The maximum atomic E-state index is 10.9. The monoisotopic (exact) mass is 193 g/mol. The molecule has 0 radical (unpaired) electrons. The lowest BCUT2D eigenvalue weighted by Crippen LogP contribution is -2.04. The molecule has 0 aliphatic rings. The molecule has 1 aromatic heterocycles. The van der Waals surface area contributed by atoms with Gasteiger partial charge < -0.3 is 5.32 Å². The first-order valence-corrected chi connectivity index (χ1v) is 4.85. The summed E-state index contributed by atoms with van der Waals surface area (Å²) in [6, 6.07) is 1.83. The number of hydrogen-bond donors (Lipinski definition) is 1. The van der Waals surface area contributed by atoms with Crippen LogP contribution in [0.2, 0.25) is 0 Å². The Morgan fingerprint density at radius 2 is 2.46 bits per heavy atom. The third kappa shape index (κ3) is 3.02. The lowest BCUT2D eigenvalue weighted by Gasteiger charge is -1.82. The van der Waals surface area contributed by atoms with Gasteiger partial charge in [0.1, 0.15) is 0 Å². The quantitative estimate of drug-likeness (QED) is 0.570. The molecule has 1 heterocycles. The summed E-state index contributed by atoms with van der Waals surface area (Å²) in [7, 11) is 1.85. The summed E-state index contributed by atoms with van der Waals surface area (Å²) in [5.74, 6) is 6.01. The van der Waals surface area contributed by atoms with Crippen LogP contribution in [0.25, 0.3) is 0 Å². The Hall–Kier alpha value is -1.11. The molecule has 0 fully saturated rings. The van der Waals surface area contributed by atoms with E-state index in [0.717, 1.165) is 10.4 Å². The van der Waals surface area contributed by atoms with Crippen molar-refractivity contribution in [1.29, 1.82) is 0 Å². The second-order valence-corrected chi connectivity index (χ2v) is 3.50. The van der Waals surface area contributed by atoms with E-state index < -0.39 is 0 Å². The Bertz CT molecular complexity index is 356. The molecule has 1 aromatic rings. The molecule has 0 amide bonds. The van der Waals surface area contributed by atoms with E-state index in [0.29, 0.717) is 6.54 Å². The van der Waals surface area contributed by atoms with Gasteiger partial charge in [0.15, 0.2) is 5.78 Å². The minimum atomic E-state index is 0.103. The van der Waals surface area contributed by atoms with Crippen LogP contribution in [-0.2, 0) is 0 Å². The standard InChI is InChI=1S/C10H11NOS/c1-8(12)10-6-9(7-13-10)4-3-5-11-2/h6-7,11H,5H2,1-2H3. The molecule has 0 aliphatic heterocycles. The Morgan fingerprint density at radius 3 is 3.00 bits per heavy atom. The van der Waals surface area contributed by atoms with E-state index in [4.69, 9.17) is 0 Å². The summed E-state index contributed by atoms with van der Waals surface area (Å²) in [6.45, 7) is 2.24. The smallest absolute Gasteiger partial charge is 0.169 e. The summed E-state index contributed by atoms with van der Waals surface area (Å²) in [6.07, 6.45) is 0. The molecule has 0 saturated heterocycles. The fourth-order valence-corrected chi connectivity index (χ4v) is 1.56. The number of carbonyl (C=O) groups is 1. The molecular formula is C10H11NOS. The summed E-state index contributed by atoms with van der Waals surface area (Å²) in [4.78, 5) is 11.7. The molecule has 0 aliphatic carbocycles. The highest BCUT2D eigenvalue weighted by atomic mass is 32.1. The first-order valence-electron chi connectivity index (χ1n) is 3.97. The number of rotatable bonds is 2. The lowest BCUT2D eigenvalue weighted by atomic mass is 10.3. The van der Waals surface area contributed by atoms with Gasteiger partial charge >= 0.3 is 0 Å². The van der Waals surface area contributed by atoms with E-state index in [-0.39, 0.29) is 5.78 Å². The largest absolute Gasteiger partial charge is 0.309 e. The van der Waals surface area contributed by atoms with Gasteiger partial charge in [-0.15, -0.1) is 11.3 Å². The van der Waals surface area contributed by atoms with E-state index in [1.54, 1.807) is 6.92 Å². The topological polar surface area (TPSA) is 29.1 Å². The molecule has 13 heavy (non-hydrogen) atoms. The van der Waals surface area contributed by atoms with Crippen molar-refractivity contribution in [2.75, 3.05) is 13.6 Å². The zero-order valence-electron chi connectivity index (χ0n) is 7.68. The summed E-state index contributed by atoms with van der Waals surface area (Å²) in [5.41, 5.74) is 0.922. The van der Waals surface area contributed by atoms with Crippen molar-refractivity contribution in [3.05, 3.63) is 21.9 Å². The molecule has 0 unspecified atom stereocenters. The molecule has 1 N–H and O–H groups in total. The fraction of sp³-hybridized carbons (Fsp3) is 0.300. The van der Waals surface area contributed by atoms with Crippen molar-refractivity contribution in [1.82, 2.24) is 5.32 Å². The molecule has 0 aromatic carbocycles. The summed E-state index contributed by atoms with van der Waals surface area (Å²) >= 11 is 1.44. The highest BCUT2D eigenvalue weighted by molar-refractivity contribution is 7.12. The minimum absolute atomic E-state index is 0.103. The molecule has 68 valence electrons. The Balaban J connectivity index is 2.71. The van der Waals surface area contributed by atoms with Gasteiger partial charge in [0, 0.05) is 10.9 Å². The zero-order chi connectivity index (χ0) is 9.68. The maximum Gasteiger partial charge on any atom is 0.169 e. The Morgan fingerprint density at radius 1 is 1.69 bits per heavy atom. The molecular weight excluding hydrogens is 182 g/mol. The lowest BCUT2D eigenvalue weighted by molar-refractivity contribution is 0.102. The molecule has 0 bridgehead atoms. The van der Waals surface area contributed by atoms with Gasteiger partial charge in [-0.3, -0.25) is 4.79 Å². The second kappa shape index (κ2) is 4.80. The number of carbonyl (C=O) groups excluding carboxylic acids is 1. The van der Waals surface area contributed by atoms with Crippen LogP contribution < -0.4 is 5.32 Å². The van der Waals surface area contributed by atoms with Crippen LogP contribution in [0.4, 0.5) is 0 Å². The number of nitrogens with one attached hydrogen (secondary N) is 1. The van der Waals surface area contributed by atoms with E-state index in [1.807, 2.05) is 18.5 Å². The third-order valence-electron chi connectivity index (χ3n) is 1.44. The van der Waals surface area contributed by atoms with E-state index in [2.05, 4.69) is 17.2 Å². The zero-order valence-corrected chi connectivity index (χ0v) is 8.49. The van der Waals surface area contributed by atoms with Crippen molar-refractivity contribution in [2.24, 2.45) is 0 Å². The van der Waals surface area contributed by atoms with Gasteiger partial charge in [-0.2, -0.15) is 0 Å². The van der Waals surface area contributed by atoms with Crippen molar-refractivity contribution in [2.45, 2.75) is 6.92 Å². The predicted molar refractivity (Wildman–Crippen MR) is 55.1 cm³/mol. The molecule has 0 spiro atoms. The van der Waals surface area contributed by atoms with Crippen molar-refractivity contribution < 1.29 is 4.79 Å². The van der Waals surface area contributed by atoms with Gasteiger partial charge in [-0.05, 0) is 20.0 Å². The van der Waals surface area contributed by atoms with E-state index in [9.17, 15) is 4.79 Å². The maximum absolute atomic E-state index is 10.9. The summed E-state index contributed by atoms with van der Waals surface area (Å²) < 4.78 is 0. The van der Waals surface area contributed by atoms with E-state index >= 15 is 0 Å². The summed E-state index contributed by atoms with van der Waals surface area (Å²) in [5, 5.41) is 4.83. The molecule has 2 nitrogen and oxygen atoms in total.